The second-order valence-electron chi connectivity index (χ2n) is 4.38. The Labute approximate surface area is 99.3 Å². The summed E-state index contributed by atoms with van der Waals surface area (Å²) in [6, 6.07) is 4.58. The third-order valence-electron chi connectivity index (χ3n) is 3.17. The summed E-state index contributed by atoms with van der Waals surface area (Å²) in [5.74, 6) is -2.01. The van der Waals surface area contributed by atoms with Crippen LogP contribution in [-0.4, -0.2) is 6.04 Å². The van der Waals surface area contributed by atoms with Gasteiger partial charge in [0.05, 0.1) is 11.3 Å². The Bertz CT molecular complexity index is 445. The summed E-state index contributed by atoms with van der Waals surface area (Å²) >= 11 is 0. The van der Waals surface area contributed by atoms with E-state index in [0.29, 0.717) is 0 Å². The normalized spacial score (nSPS) is 16.5. The molecule has 90 valence electrons. The Morgan fingerprint density at radius 2 is 1.82 bits per heavy atom. The van der Waals surface area contributed by atoms with Gasteiger partial charge in [-0.05, 0) is 25.0 Å². The molecule has 1 aromatic rings. The Kier molecular flexibility index (Phi) is 3.58. The van der Waals surface area contributed by atoms with Crippen LogP contribution in [0.3, 0.4) is 0 Å². The van der Waals surface area contributed by atoms with Crippen molar-refractivity contribution in [2.75, 3.05) is 5.32 Å². The minimum atomic E-state index is -1.06. The maximum atomic E-state index is 13.6. The molecule has 0 spiro atoms. The number of hydrogen-bond donors (Lipinski definition) is 1. The van der Waals surface area contributed by atoms with Gasteiger partial charge in [-0.3, -0.25) is 0 Å². The molecule has 0 aromatic heterocycles. The zero-order valence-corrected chi connectivity index (χ0v) is 9.47. The summed E-state index contributed by atoms with van der Waals surface area (Å²) in [6.45, 7) is 0. The molecule has 2 nitrogen and oxygen atoms in total. The Morgan fingerprint density at radius 3 is 2.47 bits per heavy atom. The molecule has 0 saturated heterocycles. The second-order valence-corrected chi connectivity index (χ2v) is 4.38. The molecule has 1 N–H and O–H groups in total. The fraction of sp³-hybridized carbons (Fsp3) is 0.462. The van der Waals surface area contributed by atoms with Gasteiger partial charge >= 0.3 is 0 Å². The average molecular weight is 236 g/mol. The van der Waals surface area contributed by atoms with Crippen LogP contribution in [0.5, 0.6) is 0 Å². The number of anilines is 1. The molecule has 0 atom stereocenters. The quantitative estimate of drug-likeness (QED) is 0.851. The van der Waals surface area contributed by atoms with E-state index in [2.05, 4.69) is 5.32 Å². The van der Waals surface area contributed by atoms with Crippen LogP contribution in [0.2, 0.25) is 0 Å². The van der Waals surface area contributed by atoms with Crippen LogP contribution in [0.1, 0.15) is 37.7 Å². The third kappa shape index (κ3) is 2.55. The summed E-state index contributed by atoms with van der Waals surface area (Å²) in [7, 11) is 0. The number of benzene rings is 1. The molecule has 0 amide bonds. The smallest absolute Gasteiger partial charge is 0.183 e. The lowest BCUT2D eigenvalue weighted by Gasteiger charge is -2.24. The molecular formula is C13H14F2N2. The maximum absolute atomic E-state index is 13.6. The van der Waals surface area contributed by atoms with Crippen molar-refractivity contribution in [1.82, 2.24) is 0 Å². The minimum Gasteiger partial charge on any atom is -0.380 e. The van der Waals surface area contributed by atoms with Crippen LogP contribution < -0.4 is 5.32 Å². The molecule has 0 bridgehead atoms. The monoisotopic (exact) mass is 236 g/mol. The van der Waals surface area contributed by atoms with Crippen molar-refractivity contribution in [1.29, 1.82) is 5.26 Å². The number of nitrogens with one attached hydrogen (secondary N) is 1. The molecular weight excluding hydrogens is 222 g/mol. The fourth-order valence-corrected chi connectivity index (χ4v) is 2.21. The Hall–Kier alpha value is -1.63. The van der Waals surface area contributed by atoms with E-state index in [0.717, 1.165) is 25.7 Å². The average Bonchev–Trinajstić information content (AvgIpc) is 2.37. The van der Waals surface area contributed by atoms with E-state index in [-0.39, 0.29) is 17.3 Å². The van der Waals surface area contributed by atoms with Crippen molar-refractivity contribution in [3.05, 3.63) is 29.3 Å². The van der Waals surface area contributed by atoms with Crippen molar-refractivity contribution in [3.63, 3.8) is 0 Å². The molecule has 0 unspecified atom stereocenters. The van der Waals surface area contributed by atoms with Crippen LogP contribution in [0.15, 0.2) is 12.1 Å². The van der Waals surface area contributed by atoms with E-state index < -0.39 is 11.6 Å². The first kappa shape index (κ1) is 11.8. The van der Waals surface area contributed by atoms with Crippen molar-refractivity contribution < 1.29 is 8.78 Å². The fourth-order valence-electron chi connectivity index (χ4n) is 2.21. The molecule has 1 fully saturated rings. The van der Waals surface area contributed by atoms with Gasteiger partial charge in [0, 0.05) is 6.04 Å². The highest BCUT2D eigenvalue weighted by Crippen LogP contribution is 2.25. The molecule has 1 saturated carbocycles. The van der Waals surface area contributed by atoms with Crippen molar-refractivity contribution in [2.45, 2.75) is 38.1 Å². The topological polar surface area (TPSA) is 35.8 Å². The van der Waals surface area contributed by atoms with Gasteiger partial charge in [0.1, 0.15) is 6.07 Å². The molecule has 1 aromatic carbocycles. The number of rotatable bonds is 2. The van der Waals surface area contributed by atoms with Gasteiger partial charge in [0.25, 0.3) is 0 Å². The molecule has 17 heavy (non-hydrogen) atoms. The predicted octanol–water partition coefficient (Wildman–Crippen LogP) is 3.58. The van der Waals surface area contributed by atoms with Gasteiger partial charge in [-0.1, -0.05) is 19.3 Å². The lowest BCUT2D eigenvalue weighted by Crippen LogP contribution is -2.23. The zero-order chi connectivity index (χ0) is 12.3. The van der Waals surface area contributed by atoms with Crippen LogP contribution in [0, 0.1) is 23.0 Å². The SMILES string of the molecule is N#Cc1ccc(NC2CCCCC2)c(F)c1F. The summed E-state index contributed by atoms with van der Waals surface area (Å²) < 4.78 is 27.0. The Balaban J connectivity index is 2.16. The van der Waals surface area contributed by atoms with Gasteiger partial charge in [-0.15, -0.1) is 0 Å². The molecule has 2 rings (SSSR count). The summed E-state index contributed by atoms with van der Waals surface area (Å²) in [5.41, 5.74) is -0.0925. The zero-order valence-electron chi connectivity index (χ0n) is 9.47. The summed E-state index contributed by atoms with van der Waals surface area (Å²) in [4.78, 5) is 0. The lowest BCUT2D eigenvalue weighted by molar-refractivity contribution is 0.457. The first-order valence-corrected chi connectivity index (χ1v) is 5.87. The van der Waals surface area contributed by atoms with Gasteiger partial charge in [0.15, 0.2) is 11.6 Å². The van der Waals surface area contributed by atoms with E-state index >= 15 is 0 Å². The van der Waals surface area contributed by atoms with E-state index in [1.165, 1.54) is 18.6 Å². The number of nitriles is 1. The van der Waals surface area contributed by atoms with Crippen LogP contribution >= 0.6 is 0 Å². The molecule has 1 aliphatic carbocycles. The highest BCUT2D eigenvalue weighted by atomic mass is 19.2. The maximum Gasteiger partial charge on any atom is 0.183 e. The standard InChI is InChI=1S/C13H14F2N2/c14-12-9(8-16)6-7-11(13(12)15)17-10-4-2-1-3-5-10/h6-7,10,17H,1-5H2. The van der Waals surface area contributed by atoms with Crippen molar-refractivity contribution in [2.24, 2.45) is 0 Å². The van der Waals surface area contributed by atoms with Crippen LogP contribution in [-0.2, 0) is 0 Å². The predicted molar refractivity (Wildman–Crippen MR) is 61.6 cm³/mol. The van der Waals surface area contributed by atoms with Crippen molar-refractivity contribution in [3.8, 4) is 6.07 Å². The van der Waals surface area contributed by atoms with Crippen LogP contribution in [0.4, 0.5) is 14.5 Å². The van der Waals surface area contributed by atoms with E-state index in [4.69, 9.17) is 5.26 Å². The highest BCUT2D eigenvalue weighted by Gasteiger charge is 2.17. The van der Waals surface area contributed by atoms with E-state index in [1.807, 2.05) is 0 Å². The van der Waals surface area contributed by atoms with Gasteiger partial charge in [-0.25, -0.2) is 8.78 Å². The van der Waals surface area contributed by atoms with Gasteiger partial charge in [0.2, 0.25) is 0 Å². The molecule has 0 heterocycles. The van der Waals surface area contributed by atoms with E-state index in [9.17, 15) is 8.78 Å². The number of halogens is 2. The third-order valence-corrected chi connectivity index (χ3v) is 3.17. The largest absolute Gasteiger partial charge is 0.380 e. The van der Waals surface area contributed by atoms with Gasteiger partial charge < -0.3 is 5.32 Å². The highest BCUT2D eigenvalue weighted by molar-refractivity contribution is 5.50. The molecule has 0 radical (unpaired) electrons. The number of hydrogen-bond acceptors (Lipinski definition) is 2. The Morgan fingerprint density at radius 1 is 1.12 bits per heavy atom. The summed E-state index contributed by atoms with van der Waals surface area (Å²) in [5, 5.41) is 11.6. The molecule has 1 aliphatic rings. The number of nitrogens with zero attached hydrogens (tertiary/aromatic N) is 1. The minimum absolute atomic E-state index is 0.161. The molecule has 4 heteroatoms. The second kappa shape index (κ2) is 5.13. The van der Waals surface area contributed by atoms with Gasteiger partial charge in [-0.2, -0.15) is 5.26 Å². The first-order chi connectivity index (χ1) is 8.22. The summed E-state index contributed by atoms with van der Waals surface area (Å²) in [6.07, 6.45) is 5.43. The van der Waals surface area contributed by atoms with Crippen molar-refractivity contribution >= 4 is 5.69 Å². The van der Waals surface area contributed by atoms with Crippen LogP contribution in [0.25, 0.3) is 0 Å². The van der Waals surface area contributed by atoms with E-state index in [1.54, 1.807) is 6.07 Å². The first-order valence-electron chi connectivity index (χ1n) is 5.87. The molecule has 0 aliphatic heterocycles. The lowest BCUT2D eigenvalue weighted by atomic mass is 9.95.